The second-order valence-electron chi connectivity index (χ2n) is 17.8. The lowest BCUT2D eigenvalue weighted by Gasteiger charge is -2.35. The molecule has 2 aliphatic heterocycles. The van der Waals surface area contributed by atoms with Gasteiger partial charge in [0, 0.05) is 59.0 Å². The zero-order valence-corrected chi connectivity index (χ0v) is 42.8. The second kappa shape index (κ2) is 24.2. The summed E-state index contributed by atoms with van der Waals surface area (Å²) in [7, 11) is 8.09. The van der Waals surface area contributed by atoms with Gasteiger partial charge < -0.3 is 40.1 Å². The van der Waals surface area contributed by atoms with Gasteiger partial charge in [0.15, 0.2) is 22.8 Å². The summed E-state index contributed by atoms with van der Waals surface area (Å²) in [6, 6.07) is 43.4. The van der Waals surface area contributed by atoms with Crippen LogP contribution in [0.2, 0.25) is 0 Å². The maximum absolute atomic E-state index is 13.0. The van der Waals surface area contributed by atoms with Crippen LogP contribution < -0.4 is 20.5 Å². The largest absolute Gasteiger partial charge is 0.485 e. The van der Waals surface area contributed by atoms with Crippen LogP contribution in [0, 0.1) is 3.57 Å². The fourth-order valence-corrected chi connectivity index (χ4v) is 8.81. The quantitative estimate of drug-likeness (QED) is 0.112. The van der Waals surface area contributed by atoms with Crippen LogP contribution in [-0.4, -0.2) is 127 Å². The highest BCUT2D eigenvalue weighted by molar-refractivity contribution is 14.1. The molecule has 0 aliphatic carbocycles. The number of pyridine rings is 2. The van der Waals surface area contributed by atoms with Crippen LogP contribution in [0.15, 0.2) is 146 Å². The minimum absolute atomic E-state index is 0.0529. The summed E-state index contributed by atoms with van der Waals surface area (Å²) in [5, 5.41) is 11.8. The van der Waals surface area contributed by atoms with E-state index in [1.54, 1.807) is 15.2 Å². The van der Waals surface area contributed by atoms with Gasteiger partial charge in [-0.1, -0.05) is 60.7 Å². The Kier molecular flexibility index (Phi) is 17.1. The summed E-state index contributed by atoms with van der Waals surface area (Å²) in [5.74, 6) is 2.23. The number of halogens is 1. The summed E-state index contributed by atoms with van der Waals surface area (Å²) in [6.45, 7) is 5.15. The number of hydrogen-bond donors (Lipinski definition) is 2. The van der Waals surface area contributed by atoms with Gasteiger partial charge in [-0.2, -0.15) is 9.97 Å². The minimum atomic E-state index is 0.0529. The van der Waals surface area contributed by atoms with E-state index in [1.807, 2.05) is 164 Å². The molecule has 71 heavy (non-hydrogen) atoms. The molecular formula is C54H61IN12O4. The van der Waals surface area contributed by atoms with E-state index in [1.165, 1.54) is 0 Å². The van der Waals surface area contributed by atoms with Crippen LogP contribution in [0.1, 0.15) is 57.5 Å². The lowest BCUT2D eigenvalue weighted by molar-refractivity contribution is 0.0652. The number of hydrogen-bond acceptors (Lipinski definition) is 12. The molecule has 0 spiro atoms. The molecule has 0 unspecified atom stereocenters. The molecule has 10 rings (SSSR count). The SMILES string of the molecule is CN1CCC(N(C)C(=O)c2ccc(I)cc2)CC1.CN1CCC(N(C)C(=O)c2ccc(Nc3nc4c(OCc5ccccc5)cccn4n3)cc2)CC1.Nc1nc2c(OCc3ccccc3)cccn2n1. The van der Waals surface area contributed by atoms with Crippen molar-refractivity contribution in [2.45, 2.75) is 51.0 Å². The predicted molar refractivity (Wildman–Crippen MR) is 286 cm³/mol. The van der Waals surface area contributed by atoms with E-state index >= 15 is 0 Å². The van der Waals surface area contributed by atoms with E-state index in [0.717, 1.165) is 77.8 Å². The van der Waals surface area contributed by atoms with Crippen molar-refractivity contribution < 1.29 is 19.1 Å². The third-order valence-corrected chi connectivity index (χ3v) is 13.5. The van der Waals surface area contributed by atoms with Gasteiger partial charge in [-0.25, -0.2) is 9.03 Å². The molecule has 0 atom stereocenters. The van der Waals surface area contributed by atoms with Gasteiger partial charge >= 0.3 is 0 Å². The number of anilines is 3. The average molecular weight is 1070 g/mol. The minimum Gasteiger partial charge on any atom is -0.485 e. The fraction of sp³-hybridized carbons (Fsp3) is 0.296. The number of fused-ring (bicyclic) bond motifs is 2. The first-order valence-electron chi connectivity index (χ1n) is 23.8. The summed E-state index contributed by atoms with van der Waals surface area (Å²) >= 11 is 2.25. The van der Waals surface area contributed by atoms with Crippen molar-refractivity contribution in [3.63, 3.8) is 0 Å². The monoisotopic (exact) mass is 1070 g/mol. The summed E-state index contributed by atoms with van der Waals surface area (Å²) in [6.07, 6.45) is 7.79. The summed E-state index contributed by atoms with van der Waals surface area (Å²) < 4.78 is 16.2. The van der Waals surface area contributed by atoms with Crippen molar-refractivity contribution >= 4 is 63.3 Å². The van der Waals surface area contributed by atoms with Gasteiger partial charge in [0.25, 0.3) is 11.8 Å². The number of nitrogens with two attached hydrogens (primary N) is 1. The zero-order chi connectivity index (χ0) is 49.7. The molecule has 4 aromatic heterocycles. The van der Waals surface area contributed by atoms with E-state index < -0.39 is 0 Å². The summed E-state index contributed by atoms with van der Waals surface area (Å²) in [5.41, 5.74) is 11.3. The molecule has 368 valence electrons. The third-order valence-electron chi connectivity index (χ3n) is 12.7. The Labute approximate surface area is 428 Å². The van der Waals surface area contributed by atoms with Gasteiger partial charge in [-0.15, -0.1) is 10.2 Å². The van der Waals surface area contributed by atoms with E-state index in [2.05, 4.69) is 72.0 Å². The van der Waals surface area contributed by atoms with E-state index in [9.17, 15) is 9.59 Å². The number of nitrogens with zero attached hydrogens (tertiary/aromatic N) is 10. The molecule has 2 saturated heterocycles. The summed E-state index contributed by atoms with van der Waals surface area (Å²) in [4.78, 5) is 42.5. The van der Waals surface area contributed by atoms with Crippen molar-refractivity contribution in [1.82, 2.24) is 48.8 Å². The number of ether oxygens (including phenoxy) is 2. The van der Waals surface area contributed by atoms with Gasteiger partial charge in [-0.3, -0.25) is 9.59 Å². The van der Waals surface area contributed by atoms with Gasteiger partial charge in [-0.05, 0) is 172 Å². The number of nitrogen functional groups attached to an aromatic ring is 1. The van der Waals surface area contributed by atoms with E-state index in [0.29, 0.717) is 53.6 Å². The molecule has 3 N–H and O–H groups in total. The molecule has 2 aliphatic rings. The fourth-order valence-electron chi connectivity index (χ4n) is 8.45. The van der Waals surface area contributed by atoms with Crippen LogP contribution in [0.5, 0.6) is 11.5 Å². The number of benzene rings is 4. The normalized spacial score (nSPS) is 14.4. The maximum atomic E-state index is 13.0. The molecule has 17 heteroatoms. The lowest BCUT2D eigenvalue weighted by Crippen LogP contribution is -2.44. The Balaban J connectivity index is 0.000000158. The van der Waals surface area contributed by atoms with Gasteiger partial charge in [0.05, 0.1) is 0 Å². The molecule has 6 heterocycles. The molecule has 4 aromatic carbocycles. The second-order valence-corrected chi connectivity index (χ2v) is 19.1. The van der Waals surface area contributed by atoms with Crippen LogP contribution in [0.3, 0.4) is 0 Å². The smallest absolute Gasteiger partial charge is 0.253 e. The Morgan fingerprint density at radius 2 is 1.04 bits per heavy atom. The Bertz CT molecular complexity index is 2960. The van der Waals surface area contributed by atoms with Crippen molar-refractivity contribution in [3.05, 3.63) is 172 Å². The van der Waals surface area contributed by atoms with Crippen molar-refractivity contribution in [2.75, 3.05) is 65.4 Å². The van der Waals surface area contributed by atoms with Gasteiger partial charge in [0.2, 0.25) is 11.9 Å². The van der Waals surface area contributed by atoms with Crippen LogP contribution >= 0.6 is 22.6 Å². The number of likely N-dealkylation sites (tertiary alicyclic amines) is 2. The first kappa shape index (κ1) is 50.3. The lowest BCUT2D eigenvalue weighted by atomic mass is 10.0. The van der Waals surface area contributed by atoms with Crippen molar-refractivity contribution in [3.8, 4) is 11.5 Å². The van der Waals surface area contributed by atoms with E-state index in [4.69, 9.17) is 15.2 Å². The molecule has 0 bridgehead atoms. The molecule has 8 aromatic rings. The van der Waals surface area contributed by atoms with Crippen molar-refractivity contribution in [2.24, 2.45) is 0 Å². The van der Waals surface area contributed by atoms with Crippen molar-refractivity contribution in [1.29, 1.82) is 0 Å². The van der Waals surface area contributed by atoms with Crippen LogP contribution in [0.4, 0.5) is 17.6 Å². The number of carbonyl (C=O) groups is 2. The number of aromatic nitrogens is 6. The molecule has 0 saturated carbocycles. The third kappa shape index (κ3) is 13.6. The number of piperidine rings is 2. The van der Waals surface area contributed by atoms with E-state index in [-0.39, 0.29) is 23.8 Å². The molecule has 2 amide bonds. The predicted octanol–water partition coefficient (Wildman–Crippen LogP) is 8.57. The standard InChI is InChI=1S/C27H30N6O2.C14H19IN2O.C13H12N4O/c1-31-17-14-23(15-18-31)32(2)26(34)21-10-12-22(13-11-21)28-27-29-25-24(9-6-16-33(25)30-27)35-19-20-7-4-3-5-8-20;1-16-9-7-13(8-10-16)17(2)14(18)11-3-5-12(15)6-4-11;14-13-15-12-11(7-4-8-17(12)16-13)18-9-10-5-2-1-3-6-10/h3-13,16,23H,14-15,17-19H2,1-2H3,(H,28,30);3-6,13H,7-10H2,1-2H3;1-8H,9H2,(H2,14,16). The number of amides is 2. The Hall–Kier alpha value is -7.09. The average Bonchev–Trinajstić information content (AvgIpc) is 4.01. The highest BCUT2D eigenvalue weighted by Gasteiger charge is 2.26. The van der Waals surface area contributed by atoms with Crippen LogP contribution in [0.25, 0.3) is 11.3 Å². The van der Waals surface area contributed by atoms with Crippen LogP contribution in [-0.2, 0) is 13.2 Å². The highest BCUT2D eigenvalue weighted by Crippen LogP contribution is 2.24. The Morgan fingerprint density at radius 3 is 1.52 bits per heavy atom. The molecule has 2 fully saturated rings. The number of rotatable bonds is 12. The Morgan fingerprint density at radius 1 is 0.606 bits per heavy atom. The maximum Gasteiger partial charge on any atom is 0.253 e. The van der Waals surface area contributed by atoms with Gasteiger partial charge in [0.1, 0.15) is 13.2 Å². The number of carbonyl (C=O) groups excluding carboxylic acids is 2. The topological polar surface area (TPSA) is 164 Å². The first-order chi connectivity index (χ1) is 34.5. The molecule has 16 nitrogen and oxygen atoms in total. The number of nitrogens with one attached hydrogen (secondary N) is 1. The first-order valence-corrected chi connectivity index (χ1v) is 24.9. The zero-order valence-electron chi connectivity index (χ0n) is 40.6. The highest BCUT2D eigenvalue weighted by atomic mass is 127. The molecular weight excluding hydrogens is 1010 g/mol. The molecule has 0 radical (unpaired) electrons.